The number of nitrogens with one attached hydrogen (secondary N) is 1. The van der Waals surface area contributed by atoms with Crippen molar-refractivity contribution in [2.24, 2.45) is 0 Å². The summed E-state index contributed by atoms with van der Waals surface area (Å²) < 4.78 is 0. The summed E-state index contributed by atoms with van der Waals surface area (Å²) in [6.07, 6.45) is 1.77. The first-order chi connectivity index (χ1) is 7.25. The Bertz CT molecular complexity index is 451. The van der Waals surface area contributed by atoms with Crippen LogP contribution >= 0.6 is 11.3 Å². The monoisotopic (exact) mass is 219 g/mol. The summed E-state index contributed by atoms with van der Waals surface area (Å²) in [6, 6.07) is 1.88. The largest absolute Gasteiger partial charge is 0.366 e. The van der Waals surface area contributed by atoms with Crippen molar-refractivity contribution in [1.29, 1.82) is 0 Å². The summed E-state index contributed by atoms with van der Waals surface area (Å²) in [4.78, 5) is 8.34. The average molecular weight is 219 g/mol. The molecular weight excluding hydrogens is 206 g/mol. The second-order valence-corrected chi connectivity index (χ2v) is 4.17. The van der Waals surface area contributed by atoms with Crippen molar-refractivity contribution in [3.63, 3.8) is 0 Å². The zero-order valence-electron chi connectivity index (χ0n) is 8.82. The van der Waals surface area contributed by atoms with Crippen molar-refractivity contribution < 1.29 is 0 Å². The maximum absolute atomic E-state index is 4.28. The molecular formula is C11H13N3S. The van der Waals surface area contributed by atoms with E-state index in [1.54, 1.807) is 17.5 Å². The van der Waals surface area contributed by atoms with Gasteiger partial charge >= 0.3 is 0 Å². The standard InChI is InChI=1S/C11H13N3S/c1-8-6-15-7-10(8)5-13-11-3-4-12-9(2)14-11/h3-4,6-7H,5H2,1-2H3,(H,12,13,14). The van der Waals surface area contributed by atoms with Gasteiger partial charge in [0.05, 0.1) is 0 Å². The second-order valence-electron chi connectivity index (χ2n) is 3.42. The van der Waals surface area contributed by atoms with Gasteiger partial charge in [0.1, 0.15) is 11.6 Å². The van der Waals surface area contributed by atoms with Gasteiger partial charge in [0.15, 0.2) is 0 Å². The molecule has 2 aromatic rings. The summed E-state index contributed by atoms with van der Waals surface area (Å²) >= 11 is 1.73. The van der Waals surface area contributed by atoms with Crippen LogP contribution in [0.2, 0.25) is 0 Å². The van der Waals surface area contributed by atoms with Crippen LogP contribution in [0.1, 0.15) is 17.0 Å². The normalized spacial score (nSPS) is 10.3. The lowest BCUT2D eigenvalue weighted by Crippen LogP contribution is -2.02. The van der Waals surface area contributed by atoms with Gasteiger partial charge in [-0.3, -0.25) is 0 Å². The van der Waals surface area contributed by atoms with E-state index in [2.05, 4.69) is 33.0 Å². The summed E-state index contributed by atoms with van der Waals surface area (Å²) in [5, 5.41) is 7.60. The van der Waals surface area contributed by atoms with E-state index < -0.39 is 0 Å². The Hall–Kier alpha value is -1.42. The van der Waals surface area contributed by atoms with Crippen LogP contribution in [0.3, 0.4) is 0 Å². The molecule has 0 fully saturated rings. The van der Waals surface area contributed by atoms with Gasteiger partial charge in [-0.2, -0.15) is 11.3 Å². The van der Waals surface area contributed by atoms with Gasteiger partial charge in [0.2, 0.25) is 0 Å². The lowest BCUT2D eigenvalue weighted by molar-refractivity contribution is 1.02. The van der Waals surface area contributed by atoms with E-state index in [9.17, 15) is 0 Å². The summed E-state index contributed by atoms with van der Waals surface area (Å²) in [5.41, 5.74) is 2.66. The van der Waals surface area contributed by atoms with Crippen LogP contribution in [0, 0.1) is 13.8 Å². The van der Waals surface area contributed by atoms with Gasteiger partial charge in [0, 0.05) is 12.7 Å². The fourth-order valence-electron chi connectivity index (χ4n) is 1.31. The molecule has 4 heteroatoms. The minimum Gasteiger partial charge on any atom is -0.366 e. The molecule has 0 aliphatic carbocycles. The SMILES string of the molecule is Cc1nccc(NCc2cscc2C)n1. The molecule has 1 N–H and O–H groups in total. The van der Waals surface area contributed by atoms with Gasteiger partial charge in [0.25, 0.3) is 0 Å². The molecule has 0 aliphatic heterocycles. The minimum absolute atomic E-state index is 0.794. The third kappa shape index (κ3) is 2.53. The molecule has 0 unspecified atom stereocenters. The molecule has 15 heavy (non-hydrogen) atoms. The number of rotatable bonds is 3. The molecule has 0 aliphatic rings. The van der Waals surface area contributed by atoms with Gasteiger partial charge in [-0.05, 0) is 41.8 Å². The highest BCUT2D eigenvalue weighted by Gasteiger charge is 1.99. The van der Waals surface area contributed by atoms with Gasteiger partial charge in [-0.15, -0.1) is 0 Å². The van der Waals surface area contributed by atoms with Crippen molar-refractivity contribution in [2.45, 2.75) is 20.4 Å². The maximum atomic E-state index is 4.28. The van der Waals surface area contributed by atoms with Gasteiger partial charge in [-0.25, -0.2) is 9.97 Å². The van der Waals surface area contributed by atoms with Crippen LogP contribution in [0.25, 0.3) is 0 Å². The first kappa shape index (κ1) is 10.1. The molecule has 0 amide bonds. The van der Waals surface area contributed by atoms with Crippen molar-refractivity contribution in [3.8, 4) is 0 Å². The number of aromatic nitrogens is 2. The Labute approximate surface area is 93.2 Å². The van der Waals surface area contributed by atoms with Crippen LogP contribution in [0.5, 0.6) is 0 Å². The smallest absolute Gasteiger partial charge is 0.129 e. The lowest BCUT2D eigenvalue weighted by atomic mass is 10.2. The molecule has 0 aromatic carbocycles. The molecule has 0 radical (unpaired) electrons. The van der Waals surface area contributed by atoms with Gasteiger partial charge < -0.3 is 5.32 Å². The van der Waals surface area contributed by atoms with E-state index >= 15 is 0 Å². The molecule has 0 saturated carbocycles. The Morgan fingerprint density at radius 2 is 2.20 bits per heavy atom. The molecule has 78 valence electrons. The third-order valence-electron chi connectivity index (χ3n) is 2.20. The average Bonchev–Trinajstić information content (AvgIpc) is 2.61. The van der Waals surface area contributed by atoms with Crippen LogP contribution in [-0.4, -0.2) is 9.97 Å². The fraction of sp³-hybridized carbons (Fsp3) is 0.273. The molecule has 3 nitrogen and oxygen atoms in total. The molecule has 0 spiro atoms. The first-order valence-electron chi connectivity index (χ1n) is 4.81. The van der Waals surface area contributed by atoms with E-state index in [1.165, 1.54) is 11.1 Å². The molecule has 0 atom stereocenters. The van der Waals surface area contributed by atoms with Crippen LogP contribution in [0.4, 0.5) is 5.82 Å². The molecule has 2 aromatic heterocycles. The minimum atomic E-state index is 0.794. The van der Waals surface area contributed by atoms with E-state index in [0.29, 0.717) is 0 Å². The molecule has 2 rings (SSSR count). The van der Waals surface area contributed by atoms with Crippen molar-refractivity contribution in [3.05, 3.63) is 40.0 Å². The number of anilines is 1. The Kier molecular flexibility index (Phi) is 2.97. The lowest BCUT2D eigenvalue weighted by Gasteiger charge is -2.05. The number of hydrogen-bond acceptors (Lipinski definition) is 4. The Morgan fingerprint density at radius 1 is 1.33 bits per heavy atom. The molecule has 0 bridgehead atoms. The molecule has 2 heterocycles. The highest BCUT2D eigenvalue weighted by Crippen LogP contribution is 2.14. The zero-order valence-corrected chi connectivity index (χ0v) is 9.64. The number of thiophene rings is 1. The number of aryl methyl sites for hydroxylation is 2. The zero-order chi connectivity index (χ0) is 10.7. The topological polar surface area (TPSA) is 37.8 Å². The Balaban J connectivity index is 2.02. The summed E-state index contributed by atoms with van der Waals surface area (Å²) in [5.74, 6) is 1.68. The predicted octanol–water partition coefficient (Wildman–Crippen LogP) is 2.77. The van der Waals surface area contributed by atoms with Crippen LogP contribution in [-0.2, 0) is 6.54 Å². The number of nitrogens with zero attached hydrogens (tertiary/aromatic N) is 2. The third-order valence-corrected chi connectivity index (χ3v) is 3.11. The highest BCUT2D eigenvalue weighted by atomic mass is 32.1. The van der Waals surface area contributed by atoms with Crippen LogP contribution < -0.4 is 5.32 Å². The fourth-order valence-corrected chi connectivity index (χ4v) is 2.17. The predicted molar refractivity (Wildman–Crippen MR) is 63.2 cm³/mol. The van der Waals surface area contributed by atoms with Crippen LogP contribution in [0.15, 0.2) is 23.0 Å². The highest BCUT2D eigenvalue weighted by molar-refractivity contribution is 7.08. The maximum Gasteiger partial charge on any atom is 0.129 e. The van der Waals surface area contributed by atoms with E-state index in [1.807, 2.05) is 13.0 Å². The number of hydrogen-bond donors (Lipinski definition) is 1. The van der Waals surface area contributed by atoms with E-state index in [-0.39, 0.29) is 0 Å². The quantitative estimate of drug-likeness (QED) is 0.862. The molecule has 0 saturated heterocycles. The van der Waals surface area contributed by atoms with Crippen molar-refractivity contribution >= 4 is 17.2 Å². The van der Waals surface area contributed by atoms with E-state index in [0.717, 1.165) is 18.2 Å². The van der Waals surface area contributed by atoms with E-state index in [4.69, 9.17) is 0 Å². The second kappa shape index (κ2) is 4.40. The Morgan fingerprint density at radius 3 is 2.87 bits per heavy atom. The summed E-state index contributed by atoms with van der Waals surface area (Å²) in [7, 11) is 0. The van der Waals surface area contributed by atoms with Gasteiger partial charge in [-0.1, -0.05) is 0 Å². The van der Waals surface area contributed by atoms with Crippen molar-refractivity contribution in [2.75, 3.05) is 5.32 Å². The summed E-state index contributed by atoms with van der Waals surface area (Å²) in [6.45, 7) is 4.84. The van der Waals surface area contributed by atoms with Crippen molar-refractivity contribution in [1.82, 2.24) is 9.97 Å². The first-order valence-corrected chi connectivity index (χ1v) is 5.75.